The van der Waals surface area contributed by atoms with Crippen LogP contribution < -0.4 is 5.43 Å². The van der Waals surface area contributed by atoms with Gasteiger partial charge >= 0.3 is 0 Å². The molecule has 0 saturated carbocycles. The zero-order chi connectivity index (χ0) is 8.10. The fourth-order valence-electron chi connectivity index (χ4n) is 0.814. The molecule has 0 radical (unpaired) electrons. The van der Waals surface area contributed by atoms with E-state index in [0.29, 0.717) is 18.6 Å². The van der Waals surface area contributed by atoms with Crippen LogP contribution in [-0.4, -0.2) is 11.7 Å². The molecule has 1 aromatic rings. The first-order valence-electron chi connectivity index (χ1n) is 3.51. The maximum atomic E-state index is 10.7. The third-order valence-electron chi connectivity index (χ3n) is 1.34. The van der Waals surface area contributed by atoms with Crippen LogP contribution in [0.1, 0.15) is 12.2 Å². The summed E-state index contributed by atoms with van der Waals surface area (Å²) in [5.74, 6) is 0.631. The molecule has 0 aliphatic heterocycles. The Morgan fingerprint density at radius 3 is 3.00 bits per heavy atom. The molecular weight excluding hydrogens is 144 g/mol. The third-order valence-corrected chi connectivity index (χ3v) is 1.34. The Bertz CT molecular complexity index is 264. The molecule has 3 nitrogen and oxygen atoms in total. The van der Waals surface area contributed by atoms with E-state index in [2.05, 4.69) is 0 Å². The first kappa shape index (κ1) is 8.01. The van der Waals surface area contributed by atoms with Crippen LogP contribution in [0.3, 0.4) is 0 Å². The predicted molar refractivity (Wildman–Crippen MR) is 40.4 cm³/mol. The molecule has 0 amide bonds. The van der Waals surface area contributed by atoms with Crippen molar-refractivity contribution in [3.05, 3.63) is 34.4 Å². The van der Waals surface area contributed by atoms with Gasteiger partial charge in [-0.05, 0) is 6.42 Å². The lowest BCUT2D eigenvalue weighted by Gasteiger charge is -1.95. The van der Waals surface area contributed by atoms with Crippen LogP contribution in [0.4, 0.5) is 0 Å². The summed E-state index contributed by atoms with van der Waals surface area (Å²) < 4.78 is 5.00. The summed E-state index contributed by atoms with van der Waals surface area (Å²) in [6.07, 6.45) is 2.62. The summed E-state index contributed by atoms with van der Waals surface area (Å²) in [4.78, 5) is 10.7. The van der Waals surface area contributed by atoms with Crippen LogP contribution in [0.15, 0.2) is 27.6 Å². The van der Waals surface area contributed by atoms with E-state index in [1.54, 1.807) is 0 Å². The second kappa shape index (κ2) is 3.93. The van der Waals surface area contributed by atoms with Crippen LogP contribution in [0.2, 0.25) is 0 Å². The highest BCUT2D eigenvalue weighted by Gasteiger charge is 1.94. The molecule has 0 spiro atoms. The SMILES string of the molecule is O=c1ccoc(CCCO)c1. The summed E-state index contributed by atoms with van der Waals surface area (Å²) in [7, 11) is 0. The van der Waals surface area contributed by atoms with Gasteiger partial charge in [-0.1, -0.05) is 0 Å². The zero-order valence-corrected chi connectivity index (χ0v) is 6.12. The molecule has 0 aliphatic rings. The quantitative estimate of drug-likeness (QED) is 0.692. The molecule has 1 N–H and O–H groups in total. The Balaban J connectivity index is 2.64. The Kier molecular flexibility index (Phi) is 2.86. The van der Waals surface area contributed by atoms with Gasteiger partial charge < -0.3 is 9.52 Å². The van der Waals surface area contributed by atoms with E-state index < -0.39 is 0 Å². The minimum absolute atomic E-state index is 0.0517. The first-order chi connectivity index (χ1) is 5.33. The van der Waals surface area contributed by atoms with Crippen molar-refractivity contribution < 1.29 is 9.52 Å². The van der Waals surface area contributed by atoms with Crippen LogP contribution in [0.25, 0.3) is 0 Å². The Hall–Kier alpha value is -1.09. The van der Waals surface area contributed by atoms with E-state index in [1.807, 2.05) is 0 Å². The van der Waals surface area contributed by atoms with E-state index in [-0.39, 0.29) is 12.0 Å². The lowest BCUT2D eigenvalue weighted by atomic mass is 10.2. The molecule has 0 atom stereocenters. The van der Waals surface area contributed by atoms with Gasteiger partial charge in [-0.2, -0.15) is 0 Å². The van der Waals surface area contributed by atoms with Crippen molar-refractivity contribution in [3.63, 3.8) is 0 Å². The van der Waals surface area contributed by atoms with Crippen LogP contribution in [0.5, 0.6) is 0 Å². The molecule has 0 fully saturated rings. The van der Waals surface area contributed by atoms with Crippen molar-refractivity contribution in [2.45, 2.75) is 12.8 Å². The Morgan fingerprint density at radius 2 is 2.36 bits per heavy atom. The predicted octanol–water partition coefficient (Wildman–Crippen LogP) is 0.565. The highest BCUT2D eigenvalue weighted by Crippen LogP contribution is 1.97. The van der Waals surface area contributed by atoms with E-state index in [4.69, 9.17) is 9.52 Å². The highest BCUT2D eigenvalue weighted by atomic mass is 16.3. The molecule has 11 heavy (non-hydrogen) atoms. The summed E-state index contributed by atoms with van der Waals surface area (Å²) in [6, 6.07) is 2.80. The normalized spacial score (nSPS) is 9.91. The second-order valence-electron chi connectivity index (χ2n) is 2.26. The molecule has 0 aromatic carbocycles. The largest absolute Gasteiger partial charge is 0.469 e. The van der Waals surface area contributed by atoms with Gasteiger partial charge in [-0.3, -0.25) is 4.79 Å². The number of hydrogen-bond acceptors (Lipinski definition) is 3. The summed E-state index contributed by atoms with van der Waals surface area (Å²) in [5, 5.41) is 8.48. The van der Waals surface area contributed by atoms with Gasteiger partial charge in [0, 0.05) is 25.2 Å². The van der Waals surface area contributed by atoms with Crippen molar-refractivity contribution in [1.29, 1.82) is 0 Å². The first-order valence-corrected chi connectivity index (χ1v) is 3.51. The molecule has 1 aromatic heterocycles. The second-order valence-corrected chi connectivity index (χ2v) is 2.26. The molecule has 0 aliphatic carbocycles. The fourth-order valence-corrected chi connectivity index (χ4v) is 0.814. The van der Waals surface area contributed by atoms with Gasteiger partial charge in [0.25, 0.3) is 0 Å². The van der Waals surface area contributed by atoms with Crippen molar-refractivity contribution in [3.8, 4) is 0 Å². The molecule has 3 heteroatoms. The van der Waals surface area contributed by atoms with E-state index >= 15 is 0 Å². The lowest BCUT2D eigenvalue weighted by molar-refractivity contribution is 0.283. The molecule has 1 rings (SSSR count). The van der Waals surface area contributed by atoms with Gasteiger partial charge in [0.05, 0.1) is 6.26 Å². The highest BCUT2D eigenvalue weighted by molar-refractivity contribution is 4.99. The zero-order valence-electron chi connectivity index (χ0n) is 6.12. The van der Waals surface area contributed by atoms with Crippen LogP contribution in [0, 0.1) is 0 Å². The van der Waals surface area contributed by atoms with Gasteiger partial charge in [-0.25, -0.2) is 0 Å². The number of rotatable bonds is 3. The van der Waals surface area contributed by atoms with Crippen molar-refractivity contribution >= 4 is 0 Å². The van der Waals surface area contributed by atoms with Crippen LogP contribution >= 0.6 is 0 Å². The number of hydrogen-bond donors (Lipinski definition) is 1. The Morgan fingerprint density at radius 1 is 1.55 bits per heavy atom. The number of aryl methyl sites for hydroxylation is 1. The molecule has 1 heterocycles. The standard InChI is InChI=1S/C8H10O3/c9-4-1-2-8-6-7(10)3-5-11-8/h3,5-6,9H,1-2,4H2. The van der Waals surface area contributed by atoms with Gasteiger partial charge in [0.15, 0.2) is 5.43 Å². The number of aliphatic hydroxyl groups excluding tert-OH is 1. The van der Waals surface area contributed by atoms with Gasteiger partial charge in [0.1, 0.15) is 5.76 Å². The molecule has 0 bridgehead atoms. The molecule has 0 unspecified atom stereocenters. The Labute approximate surface area is 64.3 Å². The maximum Gasteiger partial charge on any atom is 0.185 e. The summed E-state index contributed by atoms with van der Waals surface area (Å²) in [5.41, 5.74) is -0.0517. The van der Waals surface area contributed by atoms with Crippen molar-refractivity contribution in [1.82, 2.24) is 0 Å². The fraction of sp³-hybridized carbons (Fsp3) is 0.375. The summed E-state index contributed by atoms with van der Waals surface area (Å²) in [6.45, 7) is 0.124. The summed E-state index contributed by atoms with van der Waals surface area (Å²) >= 11 is 0. The average Bonchev–Trinajstić information content (AvgIpc) is 2.01. The van der Waals surface area contributed by atoms with Crippen molar-refractivity contribution in [2.24, 2.45) is 0 Å². The lowest BCUT2D eigenvalue weighted by Crippen LogP contribution is -1.98. The van der Waals surface area contributed by atoms with E-state index in [9.17, 15) is 4.79 Å². The minimum Gasteiger partial charge on any atom is -0.469 e. The van der Waals surface area contributed by atoms with Gasteiger partial charge in [-0.15, -0.1) is 0 Å². The smallest absolute Gasteiger partial charge is 0.185 e. The molecule has 0 saturated heterocycles. The molecule has 60 valence electrons. The van der Waals surface area contributed by atoms with E-state index in [0.717, 1.165) is 0 Å². The third kappa shape index (κ3) is 2.55. The van der Waals surface area contributed by atoms with Gasteiger partial charge in [0.2, 0.25) is 0 Å². The topological polar surface area (TPSA) is 50.4 Å². The maximum absolute atomic E-state index is 10.7. The van der Waals surface area contributed by atoms with E-state index in [1.165, 1.54) is 18.4 Å². The molecular formula is C8H10O3. The minimum atomic E-state index is -0.0517. The van der Waals surface area contributed by atoms with Crippen LogP contribution in [-0.2, 0) is 6.42 Å². The average molecular weight is 154 g/mol. The number of aliphatic hydroxyl groups is 1. The van der Waals surface area contributed by atoms with Crippen molar-refractivity contribution in [2.75, 3.05) is 6.61 Å². The monoisotopic (exact) mass is 154 g/mol.